The van der Waals surface area contributed by atoms with Crippen molar-refractivity contribution in [3.05, 3.63) is 50.7 Å². The average molecular weight is 418 g/mol. The lowest BCUT2D eigenvalue weighted by Crippen LogP contribution is -2.50. The number of carbonyl (C=O) groups is 3. The molecule has 0 saturated heterocycles. The molecular formula is C21H27N3O4S. The summed E-state index contributed by atoms with van der Waals surface area (Å²) in [5.41, 5.74) is 7.67. The number of amides is 3. The monoisotopic (exact) mass is 417 g/mol. The number of hydrogen-bond donors (Lipinski definition) is 3. The van der Waals surface area contributed by atoms with Gasteiger partial charge in [0.25, 0.3) is 17.7 Å². The summed E-state index contributed by atoms with van der Waals surface area (Å²) < 4.78 is 5.67. The van der Waals surface area contributed by atoms with Crippen LogP contribution in [-0.4, -0.2) is 30.4 Å². The lowest BCUT2D eigenvalue weighted by molar-refractivity contribution is -0.132. The number of thiophene rings is 1. The second-order valence-corrected chi connectivity index (χ2v) is 7.89. The van der Waals surface area contributed by atoms with Gasteiger partial charge in [0.1, 0.15) is 5.75 Å². The Morgan fingerprint density at radius 1 is 1.10 bits per heavy atom. The molecule has 156 valence electrons. The predicted molar refractivity (Wildman–Crippen MR) is 113 cm³/mol. The van der Waals surface area contributed by atoms with Crippen LogP contribution in [-0.2, 0) is 16.0 Å². The number of benzene rings is 1. The molecule has 3 N–H and O–H groups in total. The predicted octanol–water partition coefficient (Wildman–Crippen LogP) is 2.58. The van der Waals surface area contributed by atoms with Crippen molar-refractivity contribution >= 4 is 29.1 Å². The van der Waals surface area contributed by atoms with Gasteiger partial charge in [-0.3, -0.25) is 25.2 Å². The molecule has 1 atom stereocenters. The maximum atomic E-state index is 12.2. The summed E-state index contributed by atoms with van der Waals surface area (Å²) >= 11 is 1.41. The van der Waals surface area contributed by atoms with Crippen LogP contribution >= 0.6 is 11.3 Å². The molecule has 0 aliphatic rings. The number of hydrazine groups is 1. The first-order chi connectivity index (χ1) is 13.7. The molecule has 0 aliphatic carbocycles. The van der Waals surface area contributed by atoms with Gasteiger partial charge in [0, 0.05) is 4.88 Å². The molecule has 0 radical (unpaired) electrons. The van der Waals surface area contributed by atoms with Gasteiger partial charge in [0.2, 0.25) is 0 Å². The van der Waals surface area contributed by atoms with Gasteiger partial charge in [-0.05, 0) is 62.9 Å². The summed E-state index contributed by atoms with van der Waals surface area (Å²) in [6.45, 7) is 9.21. The molecule has 0 spiro atoms. The van der Waals surface area contributed by atoms with E-state index >= 15 is 0 Å². The van der Waals surface area contributed by atoms with Gasteiger partial charge in [0.15, 0.2) is 6.10 Å². The number of rotatable bonds is 7. The van der Waals surface area contributed by atoms with E-state index in [1.165, 1.54) is 11.3 Å². The molecule has 1 aromatic carbocycles. The molecule has 0 bridgehead atoms. The summed E-state index contributed by atoms with van der Waals surface area (Å²) in [4.78, 5) is 37.9. The summed E-state index contributed by atoms with van der Waals surface area (Å²) in [6, 6.07) is 7.41. The first-order valence-electron chi connectivity index (χ1n) is 9.42. The third-order valence-electron chi connectivity index (χ3n) is 4.53. The van der Waals surface area contributed by atoms with E-state index in [-0.39, 0.29) is 12.5 Å². The zero-order chi connectivity index (χ0) is 21.6. The Bertz CT molecular complexity index is 907. The fourth-order valence-electron chi connectivity index (χ4n) is 2.60. The lowest BCUT2D eigenvalue weighted by atomic mass is 10.1. The van der Waals surface area contributed by atoms with E-state index in [1.54, 1.807) is 13.0 Å². The van der Waals surface area contributed by atoms with Gasteiger partial charge in [-0.25, -0.2) is 0 Å². The highest BCUT2D eigenvalue weighted by Crippen LogP contribution is 2.22. The molecular weight excluding hydrogens is 390 g/mol. The van der Waals surface area contributed by atoms with E-state index in [0.717, 1.165) is 28.0 Å². The minimum Gasteiger partial charge on any atom is -0.481 e. The third kappa shape index (κ3) is 6.05. The van der Waals surface area contributed by atoms with Crippen LogP contribution < -0.4 is 20.9 Å². The fourth-order valence-corrected chi connectivity index (χ4v) is 3.63. The van der Waals surface area contributed by atoms with Gasteiger partial charge in [-0.2, -0.15) is 0 Å². The van der Waals surface area contributed by atoms with Gasteiger partial charge in [-0.15, -0.1) is 11.3 Å². The maximum Gasteiger partial charge on any atom is 0.279 e. The molecule has 29 heavy (non-hydrogen) atoms. The van der Waals surface area contributed by atoms with Crippen molar-refractivity contribution in [2.24, 2.45) is 0 Å². The number of carbonyl (C=O) groups excluding carboxylic acids is 3. The van der Waals surface area contributed by atoms with Gasteiger partial charge in [0.05, 0.1) is 11.4 Å². The first kappa shape index (κ1) is 22.4. The fraction of sp³-hybridized carbons (Fsp3) is 0.381. The Morgan fingerprint density at radius 2 is 1.83 bits per heavy atom. The van der Waals surface area contributed by atoms with Crippen molar-refractivity contribution in [3.8, 4) is 5.75 Å². The highest BCUT2D eigenvalue weighted by Gasteiger charge is 2.17. The Labute approximate surface area is 174 Å². The number of nitrogens with one attached hydrogen (secondary N) is 3. The van der Waals surface area contributed by atoms with Crippen LogP contribution in [0.15, 0.2) is 24.3 Å². The second kappa shape index (κ2) is 10.1. The van der Waals surface area contributed by atoms with Gasteiger partial charge >= 0.3 is 0 Å². The van der Waals surface area contributed by atoms with Crippen molar-refractivity contribution in [1.82, 2.24) is 16.2 Å². The van der Waals surface area contributed by atoms with E-state index in [2.05, 4.69) is 16.2 Å². The Morgan fingerprint density at radius 3 is 2.48 bits per heavy atom. The van der Waals surface area contributed by atoms with Crippen LogP contribution in [0.4, 0.5) is 0 Å². The minimum absolute atomic E-state index is 0.246. The summed E-state index contributed by atoms with van der Waals surface area (Å²) in [5, 5.41) is 2.55. The van der Waals surface area contributed by atoms with Crippen LogP contribution in [0.5, 0.6) is 5.75 Å². The minimum atomic E-state index is -0.799. The SMILES string of the molecule is CCc1sc(C(=O)NCC(=O)NNC(=O)[C@H](C)Oc2cccc(C)c2C)cc1C. The van der Waals surface area contributed by atoms with Crippen molar-refractivity contribution in [3.63, 3.8) is 0 Å². The van der Waals surface area contributed by atoms with Crippen LogP contribution in [0.25, 0.3) is 0 Å². The largest absolute Gasteiger partial charge is 0.481 e. The van der Waals surface area contributed by atoms with Crippen LogP contribution in [0.2, 0.25) is 0 Å². The zero-order valence-electron chi connectivity index (χ0n) is 17.3. The molecule has 0 aliphatic heterocycles. The summed E-state index contributed by atoms with van der Waals surface area (Å²) in [7, 11) is 0. The third-order valence-corrected chi connectivity index (χ3v) is 5.91. The summed E-state index contributed by atoms with van der Waals surface area (Å²) in [5.74, 6) is -0.725. The number of aryl methyl sites for hydroxylation is 3. The second-order valence-electron chi connectivity index (χ2n) is 6.75. The molecule has 2 rings (SSSR count). The van der Waals surface area contributed by atoms with E-state index < -0.39 is 17.9 Å². The van der Waals surface area contributed by atoms with Crippen molar-refractivity contribution in [2.75, 3.05) is 6.54 Å². The van der Waals surface area contributed by atoms with Gasteiger partial charge < -0.3 is 10.1 Å². The molecule has 7 nitrogen and oxygen atoms in total. The Hall–Kier alpha value is -2.87. The van der Waals surface area contributed by atoms with E-state index in [0.29, 0.717) is 10.6 Å². The molecule has 0 fully saturated rings. The Balaban J connectivity index is 1.78. The van der Waals surface area contributed by atoms with Crippen molar-refractivity contribution in [1.29, 1.82) is 0 Å². The molecule has 1 aromatic heterocycles. The quantitative estimate of drug-likeness (QED) is 0.603. The number of hydrogen-bond acceptors (Lipinski definition) is 5. The van der Waals surface area contributed by atoms with E-state index in [9.17, 15) is 14.4 Å². The topological polar surface area (TPSA) is 96.5 Å². The Kier molecular flexibility index (Phi) is 7.78. The average Bonchev–Trinajstić information content (AvgIpc) is 3.08. The zero-order valence-corrected chi connectivity index (χ0v) is 18.2. The molecule has 1 heterocycles. The number of ether oxygens (including phenoxy) is 1. The molecule has 2 aromatic rings. The molecule has 3 amide bonds. The van der Waals surface area contributed by atoms with Gasteiger partial charge in [-0.1, -0.05) is 19.1 Å². The van der Waals surface area contributed by atoms with Crippen molar-refractivity contribution < 1.29 is 19.1 Å². The van der Waals surface area contributed by atoms with Crippen LogP contribution in [0.3, 0.4) is 0 Å². The molecule has 0 unspecified atom stereocenters. The highest BCUT2D eigenvalue weighted by atomic mass is 32.1. The molecule has 0 saturated carbocycles. The van der Waals surface area contributed by atoms with E-state index in [1.807, 2.05) is 45.9 Å². The van der Waals surface area contributed by atoms with Crippen LogP contribution in [0, 0.1) is 20.8 Å². The normalized spacial score (nSPS) is 11.5. The highest BCUT2D eigenvalue weighted by molar-refractivity contribution is 7.14. The van der Waals surface area contributed by atoms with E-state index in [4.69, 9.17) is 4.74 Å². The standard InChI is InChI=1S/C21H27N3O4S/c1-6-17-13(3)10-18(29-17)21(27)22-11-19(25)23-24-20(26)15(5)28-16-9-7-8-12(2)14(16)4/h7-10,15H,6,11H2,1-5H3,(H,22,27)(H,23,25)(H,24,26)/t15-/m0/s1. The maximum absolute atomic E-state index is 12.2. The smallest absolute Gasteiger partial charge is 0.279 e. The van der Waals surface area contributed by atoms with Crippen LogP contribution in [0.1, 0.15) is 45.1 Å². The lowest BCUT2D eigenvalue weighted by Gasteiger charge is -2.17. The first-order valence-corrected chi connectivity index (χ1v) is 10.2. The van der Waals surface area contributed by atoms with Crippen molar-refractivity contribution in [2.45, 2.75) is 47.1 Å². The summed E-state index contributed by atoms with van der Waals surface area (Å²) in [6.07, 6.45) is 0.0606. The molecule has 8 heteroatoms.